The fourth-order valence-electron chi connectivity index (χ4n) is 1.79. The molecule has 0 unspecified atom stereocenters. The summed E-state index contributed by atoms with van der Waals surface area (Å²) in [5, 5.41) is 0.995. The Labute approximate surface area is 96.2 Å². The van der Waals surface area contributed by atoms with Crippen LogP contribution in [0.1, 0.15) is 5.56 Å². The molecule has 0 bridgehead atoms. The molecule has 1 aromatic carbocycles. The number of rotatable bonds is 3. The van der Waals surface area contributed by atoms with Gasteiger partial charge >= 0.3 is 0 Å². The highest BCUT2D eigenvalue weighted by atomic mass is 79.9. The predicted molar refractivity (Wildman–Crippen MR) is 58.9 cm³/mol. The van der Waals surface area contributed by atoms with Crippen molar-refractivity contribution >= 4 is 15.9 Å². The maximum atomic E-state index is 13.3. The van der Waals surface area contributed by atoms with E-state index in [0.29, 0.717) is 18.0 Å². The predicted octanol–water partition coefficient (Wildman–Crippen LogP) is 2.79. The minimum absolute atomic E-state index is 0.447. The van der Waals surface area contributed by atoms with E-state index in [0.717, 1.165) is 24.5 Å². The minimum Gasteiger partial charge on any atom is -0.298 e. The van der Waals surface area contributed by atoms with Crippen molar-refractivity contribution < 1.29 is 8.78 Å². The molecule has 0 saturated carbocycles. The van der Waals surface area contributed by atoms with Gasteiger partial charge in [-0.3, -0.25) is 4.90 Å². The van der Waals surface area contributed by atoms with Crippen LogP contribution in [0.3, 0.4) is 0 Å². The molecule has 1 aromatic rings. The maximum absolute atomic E-state index is 13.3. The van der Waals surface area contributed by atoms with Crippen LogP contribution in [-0.2, 0) is 6.54 Å². The van der Waals surface area contributed by atoms with Crippen LogP contribution < -0.4 is 0 Å². The smallest absolute Gasteiger partial charge is 0.130 e. The molecule has 1 nitrogen and oxygen atoms in total. The number of hydrogen-bond acceptors (Lipinski definition) is 1. The highest BCUT2D eigenvalue weighted by Gasteiger charge is 2.25. The second kappa shape index (κ2) is 4.58. The Balaban J connectivity index is 1.94. The standard InChI is InChI=1S/C11H12BrF2N/c12-4-8-5-15(6-8)7-9-1-2-10(13)3-11(9)14/h1-3,8H,4-7H2. The summed E-state index contributed by atoms with van der Waals surface area (Å²) >= 11 is 3.41. The molecule has 0 amide bonds. The monoisotopic (exact) mass is 275 g/mol. The first kappa shape index (κ1) is 11.0. The molecule has 15 heavy (non-hydrogen) atoms. The third-order valence-corrected chi connectivity index (χ3v) is 3.58. The molecule has 0 aromatic heterocycles. The Bertz CT molecular complexity index is 350. The molecule has 0 spiro atoms. The van der Waals surface area contributed by atoms with Gasteiger partial charge in [-0.1, -0.05) is 22.0 Å². The van der Waals surface area contributed by atoms with Crippen LogP contribution in [0.2, 0.25) is 0 Å². The molecule has 1 heterocycles. The van der Waals surface area contributed by atoms with Gasteiger partial charge in [-0.05, 0) is 12.0 Å². The van der Waals surface area contributed by atoms with Crippen LogP contribution in [-0.4, -0.2) is 23.3 Å². The van der Waals surface area contributed by atoms with E-state index in [1.807, 2.05) is 0 Å². The van der Waals surface area contributed by atoms with Gasteiger partial charge in [0.1, 0.15) is 11.6 Å². The fourth-order valence-corrected chi connectivity index (χ4v) is 2.20. The molecular formula is C11H12BrF2N. The van der Waals surface area contributed by atoms with Crippen LogP contribution in [0.15, 0.2) is 18.2 Å². The van der Waals surface area contributed by atoms with Gasteiger partial charge in [0.05, 0.1) is 0 Å². The van der Waals surface area contributed by atoms with E-state index in [1.54, 1.807) is 0 Å². The molecule has 2 rings (SSSR count). The van der Waals surface area contributed by atoms with Crippen molar-refractivity contribution in [2.45, 2.75) is 6.54 Å². The Morgan fingerprint density at radius 2 is 2.07 bits per heavy atom. The lowest BCUT2D eigenvalue weighted by Crippen LogP contribution is -2.46. The molecule has 4 heteroatoms. The average Bonchev–Trinajstić information content (AvgIpc) is 2.13. The number of alkyl halides is 1. The second-order valence-electron chi connectivity index (χ2n) is 3.95. The zero-order valence-corrected chi connectivity index (χ0v) is 9.80. The number of benzene rings is 1. The fraction of sp³-hybridized carbons (Fsp3) is 0.455. The highest BCUT2D eigenvalue weighted by Crippen LogP contribution is 2.21. The lowest BCUT2D eigenvalue weighted by Gasteiger charge is -2.38. The van der Waals surface area contributed by atoms with Gasteiger partial charge in [-0.25, -0.2) is 8.78 Å². The van der Waals surface area contributed by atoms with Gasteiger partial charge in [0.15, 0.2) is 0 Å². The van der Waals surface area contributed by atoms with Crippen LogP contribution >= 0.6 is 15.9 Å². The Morgan fingerprint density at radius 3 is 2.67 bits per heavy atom. The number of halogens is 3. The summed E-state index contributed by atoms with van der Waals surface area (Å²) in [7, 11) is 0. The van der Waals surface area contributed by atoms with Crippen molar-refractivity contribution in [3.05, 3.63) is 35.4 Å². The van der Waals surface area contributed by atoms with Crippen LogP contribution in [0.25, 0.3) is 0 Å². The summed E-state index contributed by atoms with van der Waals surface area (Å²) < 4.78 is 25.9. The maximum Gasteiger partial charge on any atom is 0.130 e. The van der Waals surface area contributed by atoms with Crippen molar-refractivity contribution in [3.63, 3.8) is 0 Å². The van der Waals surface area contributed by atoms with Gasteiger partial charge in [-0.2, -0.15) is 0 Å². The summed E-state index contributed by atoms with van der Waals surface area (Å²) in [4.78, 5) is 2.16. The van der Waals surface area contributed by atoms with E-state index in [4.69, 9.17) is 0 Å². The lowest BCUT2D eigenvalue weighted by atomic mass is 10.0. The average molecular weight is 276 g/mol. The SMILES string of the molecule is Fc1ccc(CN2CC(CBr)C2)c(F)c1. The molecular weight excluding hydrogens is 264 g/mol. The van der Waals surface area contributed by atoms with Crippen LogP contribution in [0.4, 0.5) is 8.78 Å². The van der Waals surface area contributed by atoms with Crippen LogP contribution in [0, 0.1) is 17.6 Å². The molecule has 1 aliphatic heterocycles. The van der Waals surface area contributed by atoms with Crippen molar-refractivity contribution in [2.75, 3.05) is 18.4 Å². The largest absolute Gasteiger partial charge is 0.298 e. The first-order valence-corrected chi connectivity index (χ1v) is 6.03. The van der Waals surface area contributed by atoms with Crippen molar-refractivity contribution in [1.82, 2.24) is 4.90 Å². The van der Waals surface area contributed by atoms with Crippen molar-refractivity contribution in [3.8, 4) is 0 Å². The summed E-state index contributed by atoms with van der Waals surface area (Å²) in [6.45, 7) is 2.56. The van der Waals surface area contributed by atoms with Crippen LogP contribution in [0.5, 0.6) is 0 Å². The Kier molecular flexibility index (Phi) is 3.36. The summed E-state index contributed by atoms with van der Waals surface area (Å²) in [6.07, 6.45) is 0. The molecule has 0 aliphatic carbocycles. The van der Waals surface area contributed by atoms with Gasteiger partial charge in [0.25, 0.3) is 0 Å². The quantitative estimate of drug-likeness (QED) is 0.767. The third-order valence-electron chi connectivity index (χ3n) is 2.66. The third kappa shape index (κ3) is 2.55. The topological polar surface area (TPSA) is 3.24 Å². The number of likely N-dealkylation sites (tertiary alicyclic amines) is 1. The highest BCUT2D eigenvalue weighted by molar-refractivity contribution is 9.09. The van der Waals surface area contributed by atoms with E-state index in [1.165, 1.54) is 12.1 Å². The number of hydrogen-bond donors (Lipinski definition) is 0. The molecule has 0 radical (unpaired) electrons. The van der Waals surface area contributed by atoms with E-state index >= 15 is 0 Å². The normalized spacial score (nSPS) is 17.8. The van der Waals surface area contributed by atoms with Gasteiger partial charge in [0.2, 0.25) is 0 Å². The molecule has 0 atom stereocenters. The Morgan fingerprint density at radius 1 is 1.33 bits per heavy atom. The van der Waals surface area contributed by atoms with E-state index in [2.05, 4.69) is 20.8 Å². The van der Waals surface area contributed by atoms with Crippen molar-refractivity contribution in [1.29, 1.82) is 0 Å². The van der Waals surface area contributed by atoms with Crippen molar-refractivity contribution in [2.24, 2.45) is 5.92 Å². The summed E-state index contributed by atoms with van der Waals surface area (Å²) in [6, 6.07) is 3.77. The van der Waals surface area contributed by atoms with Gasteiger partial charge in [0, 0.05) is 36.6 Å². The van der Waals surface area contributed by atoms with E-state index in [9.17, 15) is 8.78 Å². The zero-order chi connectivity index (χ0) is 10.8. The Hall–Kier alpha value is -0.480. The van der Waals surface area contributed by atoms with E-state index in [-0.39, 0.29) is 0 Å². The first-order valence-electron chi connectivity index (χ1n) is 4.91. The molecule has 1 saturated heterocycles. The van der Waals surface area contributed by atoms with Gasteiger partial charge in [-0.15, -0.1) is 0 Å². The minimum atomic E-state index is -0.516. The molecule has 1 fully saturated rings. The summed E-state index contributed by atoms with van der Waals surface area (Å²) in [5.41, 5.74) is 0.574. The second-order valence-corrected chi connectivity index (χ2v) is 4.60. The number of nitrogens with zero attached hydrogens (tertiary/aromatic N) is 1. The first-order chi connectivity index (χ1) is 7.19. The summed E-state index contributed by atoms with van der Waals surface area (Å²) in [5.74, 6) is -0.288. The molecule has 0 N–H and O–H groups in total. The molecule has 82 valence electrons. The lowest BCUT2D eigenvalue weighted by molar-refractivity contribution is 0.107. The van der Waals surface area contributed by atoms with Gasteiger partial charge < -0.3 is 0 Å². The zero-order valence-electron chi connectivity index (χ0n) is 8.22. The van der Waals surface area contributed by atoms with E-state index < -0.39 is 11.6 Å². The molecule has 1 aliphatic rings.